The minimum atomic E-state index is -0.692. The van der Waals surface area contributed by atoms with Gasteiger partial charge in [0.1, 0.15) is 12.3 Å². The highest BCUT2D eigenvalue weighted by Gasteiger charge is 2.51. The van der Waals surface area contributed by atoms with Crippen LogP contribution >= 0.6 is 0 Å². The van der Waals surface area contributed by atoms with Crippen molar-refractivity contribution in [2.75, 3.05) is 27.2 Å². The summed E-state index contributed by atoms with van der Waals surface area (Å²) in [6.45, 7) is 5.15. The van der Waals surface area contributed by atoms with Crippen molar-refractivity contribution in [1.82, 2.24) is 15.1 Å². The normalized spacial score (nSPS) is 19.2. The van der Waals surface area contributed by atoms with Gasteiger partial charge in [-0.3, -0.25) is 9.59 Å². The summed E-state index contributed by atoms with van der Waals surface area (Å²) in [4.78, 5) is 40.4. The number of urea groups is 1. The monoisotopic (exact) mass is 403 g/mol. The highest BCUT2D eigenvalue weighted by molar-refractivity contribution is 6.19. The number of nitrogens with one attached hydrogen (secondary N) is 1. The molecular weight excluding hydrogens is 376 g/mol. The lowest BCUT2D eigenvalue weighted by Crippen LogP contribution is -2.57. The maximum absolute atomic E-state index is 12.9. The van der Waals surface area contributed by atoms with E-state index in [9.17, 15) is 14.4 Å². The van der Waals surface area contributed by atoms with Crippen LogP contribution in [-0.2, 0) is 20.9 Å². The maximum atomic E-state index is 12.9. The standard InChI is InChI=1S/C20H26N4O5/c1-13(2)28-10-6-8-21-17(25)16-11-15-18(22(3)20(27)23(4)19(15)26)24(16)12-14-7-5-9-29-14/h5,7,9,11,13,15H,6,8,10,12H2,1-4H3/p+1. The minimum absolute atomic E-state index is 0.141. The van der Waals surface area contributed by atoms with Gasteiger partial charge < -0.3 is 14.5 Å². The molecule has 0 saturated carbocycles. The number of nitrogens with zero attached hydrogens (tertiary/aromatic N) is 3. The zero-order valence-corrected chi connectivity index (χ0v) is 17.2. The van der Waals surface area contributed by atoms with Crippen LogP contribution in [0.2, 0.25) is 0 Å². The van der Waals surface area contributed by atoms with E-state index in [1.54, 1.807) is 36.1 Å². The molecule has 0 radical (unpaired) electrons. The lowest BCUT2D eigenvalue weighted by atomic mass is 10.0. The van der Waals surface area contributed by atoms with Gasteiger partial charge in [0.05, 0.1) is 19.4 Å². The number of furan rings is 1. The third-order valence-corrected chi connectivity index (χ3v) is 4.87. The molecule has 4 amide bonds. The number of carbonyl (C=O) groups excluding carboxylic acids is 3. The van der Waals surface area contributed by atoms with Crippen molar-refractivity contribution in [3.05, 3.63) is 35.9 Å². The van der Waals surface area contributed by atoms with Gasteiger partial charge in [0.15, 0.2) is 11.6 Å². The average Bonchev–Trinajstić information content (AvgIpc) is 3.32. The van der Waals surface area contributed by atoms with Crippen LogP contribution in [0.25, 0.3) is 0 Å². The van der Waals surface area contributed by atoms with Gasteiger partial charge in [-0.15, -0.1) is 0 Å². The molecule has 1 saturated heterocycles. The lowest BCUT2D eigenvalue weighted by molar-refractivity contribution is -0.492. The van der Waals surface area contributed by atoms with Crippen molar-refractivity contribution in [2.24, 2.45) is 5.92 Å². The first-order chi connectivity index (χ1) is 13.8. The van der Waals surface area contributed by atoms with Crippen LogP contribution in [-0.4, -0.2) is 71.4 Å². The molecule has 9 heteroatoms. The second-order valence-corrected chi connectivity index (χ2v) is 7.32. The van der Waals surface area contributed by atoms with Crippen LogP contribution in [0.15, 0.2) is 34.6 Å². The van der Waals surface area contributed by atoms with E-state index in [4.69, 9.17) is 9.15 Å². The molecule has 3 rings (SSSR count). The van der Waals surface area contributed by atoms with Gasteiger partial charge in [0, 0.05) is 20.2 Å². The molecule has 0 bridgehead atoms. The van der Waals surface area contributed by atoms with E-state index < -0.39 is 11.9 Å². The molecule has 2 aliphatic heterocycles. The van der Waals surface area contributed by atoms with E-state index in [1.165, 1.54) is 11.9 Å². The largest absolute Gasteiger partial charge is 0.465 e. The number of hydrogen-bond donors (Lipinski definition) is 1. The molecule has 1 aromatic heterocycles. The molecule has 2 aliphatic rings. The number of imide groups is 1. The predicted octanol–water partition coefficient (Wildman–Crippen LogP) is 1.16. The Morgan fingerprint density at radius 2 is 2.07 bits per heavy atom. The van der Waals surface area contributed by atoms with E-state index in [2.05, 4.69) is 5.32 Å². The van der Waals surface area contributed by atoms with Crippen molar-refractivity contribution >= 4 is 23.7 Å². The number of ether oxygens (including phenoxy) is 1. The summed E-state index contributed by atoms with van der Waals surface area (Å²) < 4.78 is 12.6. The molecule has 29 heavy (non-hydrogen) atoms. The fourth-order valence-corrected chi connectivity index (χ4v) is 3.42. The van der Waals surface area contributed by atoms with Crippen molar-refractivity contribution in [1.29, 1.82) is 0 Å². The van der Waals surface area contributed by atoms with Gasteiger partial charge >= 0.3 is 6.03 Å². The number of rotatable bonds is 8. The zero-order chi connectivity index (χ0) is 21.1. The number of fused-ring (bicyclic) bond motifs is 1. The topological polar surface area (TPSA) is 95.1 Å². The highest BCUT2D eigenvalue weighted by Crippen LogP contribution is 2.27. The summed E-state index contributed by atoms with van der Waals surface area (Å²) in [5, 5.41) is 2.87. The highest BCUT2D eigenvalue weighted by atomic mass is 16.5. The van der Waals surface area contributed by atoms with Crippen molar-refractivity contribution < 1.29 is 28.1 Å². The predicted molar refractivity (Wildman–Crippen MR) is 104 cm³/mol. The Morgan fingerprint density at radius 3 is 2.72 bits per heavy atom. The third kappa shape index (κ3) is 4.24. The summed E-state index contributed by atoms with van der Waals surface area (Å²) >= 11 is 0. The maximum Gasteiger partial charge on any atom is 0.417 e. The summed E-state index contributed by atoms with van der Waals surface area (Å²) in [6.07, 6.45) is 3.97. The first kappa shape index (κ1) is 20.8. The smallest absolute Gasteiger partial charge is 0.417 e. The molecular formula is C20H27N4O5+. The van der Waals surface area contributed by atoms with Crippen LogP contribution in [0.3, 0.4) is 0 Å². The van der Waals surface area contributed by atoms with E-state index in [0.717, 1.165) is 4.90 Å². The fraction of sp³-hybridized carbons (Fsp3) is 0.500. The van der Waals surface area contributed by atoms with Crippen LogP contribution in [0.4, 0.5) is 4.79 Å². The third-order valence-electron chi connectivity index (χ3n) is 4.87. The van der Waals surface area contributed by atoms with Gasteiger partial charge in [0.25, 0.3) is 17.6 Å². The summed E-state index contributed by atoms with van der Waals surface area (Å²) in [5.74, 6) is -0.278. The van der Waals surface area contributed by atoms with Crippen molar-refractivity contribution in [3.8, 4) is 0 Å². The minimum Gasteiger partial charge on any atom is -0.465 e. The van der Waals surface area contributed by atoms with Crippen molar-refractivity contribution in [3.63, 3.8) is 0 Å². The Bertz CT molecular complexity index is 856. The Morgan fingerprint density at radius 1 is 1.31 bits per heavy atom. The molecule has 1 N–H and O–H groups in total. The number of amidine groups is 1. The zero-order valence-electron chi connectivity index (χ0n) is 17.2. The van der Waals surface area contributed by atoms with Crippen LogP contribution in [0.5, 0.6) is 0 Å². The molecule has 1 atom stereocenters. The molecule has 0 spiro atoms. The quantitative estimate of drug-likeness (QED) is 0.519. The number of amides is 4. The first-order valence-electron chi connectivity index (χ1n) is 9.65. The fourth-order valence-electron chi connectivity index (χ4n) is 3.42. The molecule has 156 valence electrons. The molecule has 9 nitrogen and oxygen atoms in total. The van der Waals surface area contributed by atoms with Gasteiger partial charge in [-0.25, -0.2) is 14.3 Å². The van der Waals surface area contributed by atoms with E-state index in [-0.39, 0.29) is 24.5 Å². The van der Waals surface area contributed by atoms with Crippen molar-refractivity contribution in [2.45, 2.75) is 32.9 Å². The Hall–Kier alpha value is -2.94. The van der Waals surface area contributed by atoms with E-state index in [1.807, 2.05) is 13.8 Å². The number of carbonyl (C=O) groups is 3. The second-order valence-electron chi connectivity index (χ2n) is 7.32. The number of hydrogen-bond acceptors (Lipinski definition) is 5. The molecule has 1 fully saturated rings. The van der Waals surface area contributed by atoms with Crippen LogP contribution in [0.1, 0.15) is 26.0 Å². The first-order valence-corrected chi connectivity index (χ1v) is 9.65. The average molecular weight is 403 g/mol. The Labute approximate surface area is 169 Å². The molecule has 1 unspecified atom stereocenters. The SMILES string of the molecule is CC(C)OCCCNC(=O)C1=CC2C(=O)N(C)C(=O)N(C)C2=[N+]1Cc1ccco1. The lowest BCUT2D eigenvalue weighted by Gasteiger charge is -2.27. The molecule has 3 heterocycles. The van der Waals surface area contributed by atoms with Gasteiger partial charge in [0.2, 0.25) is 0 Å². The van der Waals surface area contributed by atoms with E-state index in [0.29, 0.717) is 36.9 Å². The van der Waals surface area contributed by atoms with Crippen LogP contribution in [0, 0.1) is 5.92 Å². The molecule has 0 aliphatic carbocycles. The van der Waals surface area contributed by atoms with E-state index >= 15 is 0 Å². The summed E-state index contributed by atoms with van der Waals surface area (Å²) in [5.41, 5.74) is 0.328. The van der Waals surface area contributed by atoms with Crippen LogP contribution < -0.4 is 5.32 Å². The van der Waals surface area contributed by atoms with Gasteiger partial charge in [-0.2, -0.15) is 4.90 Å². The van der Waals surface area contributed by atoms with Gasteiger partial charge in [-0.05, 0) is 38.5 Å². The summed E-state index contributed by atoms with van der Waals surface area (Å²) in [7, 11) is 3.04. The Kier molecular flexibility index (Phi) is 6.17. The molecule has 1 aromatic rings. The molecule has 0 aromatic carbocycles. The Balaban J connectivity index is 1.82. The van der Waals surface area contributed by atoms with Gasteiger partial charge in [-0.1, -0.05) is 0 Å². The second kappa shape index (κ2) is 8.60. The summed E-state index contributed by atoms with van der Waals surface area (Å²) in [6, 6.07) is 3.10.